The summed E-state index contributed by atoms with van der Waals surface area (Å²) in [6, 6.07) is 0. The van der Waals surface area contributed by atoms with Gasteiger partial charge in [0.15, 0.2) is 20.2 Å². The summed E-state index contributed by atoms with van der Waals surface area (Å²) >= 11 is 17.4. The Morgan fingerprint density at radius 2 is 1.78 bits per heavy atom. The van der Waals surface area contributed by atoms with Crippen LogP contribution in [0.5, 0.6) is 0 Å². The molecule has 0 unspecified atom stereocenters. The van der Waals surface area contributed by atoms with E-state index in [1.807, 2.05) is 32.9 Å². The Balaban J connectivity index is 3.09. The highest BCUT2D eigenvalue weighted by Gasteiger charge is 2.47. The van der Waals surface area contributed by atoms with Crippen molar-refractivity contribution in [1.82, 2.24) is 0 Å². The Morgan fingerprint density at radius 1 is 1.22 bits per heavy atom. The Kier molecular flexibility index (Phi) is 8.31. The van der Waals surface area contributed by atoms with Gasteiger partial charge in [-0.2, -0.15) is 0 Å². The molecule has 0 saturated carbocycles. The number of alkyl halides is 3. The molecule has 0 aliphatic carbocycles. The van der Waals surface area contributed by atoms with Gasteiger partial charge in [-0.1, -0.05) is 67.7 Å². The van der Waals surface area contributed by atoms with Gasteiger partial charge in [0.25, 0.3) is 3.79 Å². The van der Waals surface area contributed by atoms with Gasteiger partial charge in [0.2, 0.25) is 5.90 Å². The maximum Gasteiger partial charge on any atom is 0.265 e. The molecule has 158 valence electrons. The minimum atomic E-state index is -2.06. The maximum atomic E-state index is 7.98. The number of ether oxygens (including phenoxy) is 3. The van der Waals surface area contributed by atoms with Crippen molar-refractivity contribution in [3.8, 4) is 0 Å². The van der Waals surface area contributed by atoms with E-state index >= 15 is 0 Å². The predicted molar refractivity (Wildman–Crippen MR) is 115 cm³/mol. The largest absolute Gasteiger partial charge is 0.469 e. The Labute approximate surface area is 179 Å². The summed E-state index contributed by atoms with van der Waals surface area (Å²) in [6.07, 6.45) is 2.25. The molecule has 3 atom stereocenters. The van der Waals surface area contributed by atoms with Crippen LogP contribution in [0, 0.1) is 5.41 Å². The van der Waals surface area contributed by atoms with Crippen molar-refractivity contribution < 1.29 is 18.6 Å². The summed E-state index contributed by atoms with van der Waals surface area (Å²) in [7, 11) is -2.06. The van der Waals surface area contributed by atoms with Crippen LogP contribution in [0.2, 0.25) is 18.1 Å². The molecule has 0 spiro atoms. The highest BCUT2D eigenvalue weighted by Crippen LogP contribution is 2.38. The van der Waals surface area contributed by atoms with Crippen LogP contribution in [0.25, 0.3) is 0 Å². The SMILES string of the molecule is C/C=C\[C@@H]1OC(C)(C)O[C@H]1[C@@H](CO[Si](C)(C)C(C)(C)C)OC(=N)C(Cl)(Cl)Cl. The highest BCUT2D eigenvalue weighted by molar-refractivity contribution is 6.76. The molecule has 1 fully saturated rings. The fraction of sp³-hybridized carbons (Fsp3) is 0.833. The van der Waals surface area contributed by atoms with Gasteiger partial charge in [0, 0.05) is 0 Å². The maximum absolute atomic E-state index is 7.98. The molecule has 1 aliphatic heterocycles. The van der Waals surface area contributed by atoms with Crippen LogP contribution in [-0.2, 0) is 18.6 Å². The van der Waals surface area contributed by atoms with E-state index in [0.717, 1.165) is 0 Å². The number of nitrogens with one attached hydrogen (secondary N) is 1. The number of halogens is 3. The van der Waals surface area contributed by atoms with E-state index in [0.29, 0.717) is 0 Å². The van der Waals surface area contributed by atoms with Crippen LogP contribution in [0.1, 0.15) is 41.5 Å². The first kappa shape index (κ1) is 25.2. The molecule has 1 N–H and O–H groups in total. The Bertz CT molecular complexity index is 556. The summed E-state index contributed by atoms with van der Waals surface area (Å²) < 4.78 is 22.1. The van der Waals surface area contributed by atoms with Gasteiger partial charge in [-0.15, -0.1) is 0 Å². The molecular weight excluding hydrogens is 429 g/mol. The number of hydrogen-bond acceptors (Lipinski definition) is 5. The van der Waals surface area contributed by atoms with E-state index in [-0.39, 0.29) is 17.7 Å². The summed E-state index contributed by atoms with van der Waals surface area (Å²) in [5.41, 5.74) is 0. The molecule has 0 bridgehead atoms. The minimum absolute atomic E-state index is 0.0231. The third kappa shape index (κ3) is 7.18. The van der Waals surface area contributed by atoms with Crippen LogP contribution < -0.4 is 0 Å². The average Bonchev–Trinajstić information content (AvgIpc) is 2.76. The van der Waals surface area contributed by atoms with Gasteiger partial charge in [0.05, 0.1) is 6.61 Å². The first-order valence-corrected chi connectivity index (χ1v) is 13.0. The number of rotatable bonds is 6. The molecule has 1 rings (SSSR count). The second-order valence-corrected chi connectivity index (χ2v) is 15.7. The Hall–Kier alpha value is 0.177. The lowest BCUT2D eigenvalue weighted by Gasteiger charge is -2.38. The van der Waals surface area contributed by atoms with Crippen molar-refractivity contribution in [2.24, 2.45) is 0 Å². The first-order valence-electron chi connectivity index (χ1n) is 8.95. The quantitative estimate of drug-likeness (QED) is 0.178. The summed E-state index contributed by atoms with van der Waals surface area (Å²) in [5, 5.41) is 8.00. The van der Waals surface area contributed by atoms with E-state index in [2.05, 4.69) is 33.9 Å². The molecule has 0 aromatic heterocycles. The molecule has 1 heterocycles. The van der Waals surface area contributed by atoms with Crippen LogP contribution in [0.3, 0.4) is 0 Å². The third-order valence-corrected chi connectivity index (χ3v) is 9.87. The van der Waals surface area contributed by atoms with Crippen molar-refractivity contribution in [1.29, 1.82) is 5.41 Å². The second kappa shape index (κ2) is 8.90. The molecule has 5 nitrogen and oxygen atoms in total. The van der Waals surface area contributed by atoms with E-state index in [1.165, 1.54) is 0 Å². The van der Waals surface area contributed by atoms with Gasteiger partial charge < -0.3 is 18.6 Å². The smallest absolute Gasteiger partial charge is 0.265 e. The van der Waals surface area contributed by atoms with Crippen molar-refractivity contribution in [3.05, 3.63) is 12.2 Å². The zero-order chi connectivity index (χ0) is 21.3. The van der Waals surface area contributed by atoms with Crippen LogP contribution in [0.4, 0.5) is 0 Å². The lowest BCUT2D eigenvalue weighted by molar-refractivity contribution is -0.154. The van der Waals surface area contributed by atoms with Crippen molar-refractivity contribution in [3.63, 3.8) is 0 Å². The molecule has 0 aromatic rings. The standard InChI is InChI=1S/C18H32Cl3NO4Si/c1-9-10-12-14(26-17(5,6)25-12)13(24-15(22)18(19,20)21)11-23-27(7,8)16(2,3)4/h9-10,12-14,22H,11H2,1-8H3/b10-9-,22-15?/t12-,13+,14+/m0/s1. The van der Waals surface area contributed by atoms with Crippen molar-refractivity contribution in [2.45, 2.75) is 87.6 Å². The lowest BCUT2D eigenvalue weighted by atomic mass is 10.1. The highest BCUT2D eigenvalue weighted by atomic mass is 35.6. The summed E-state index contributed by atoms with van der Waals surface area (Å²) in [4.78, 5) is 0. The van der Waals surface area contributed by atoms with E-state index in [4.69, 9.17) is 58.8 Å². The van der Waals surface area contributed by atoms with Gasteiger partial charge in [-0.3, -0.25) is 5.41 Å². The molecule has 27 heavy (non-hydrogen) atoms. The van der Waals surface area contributed by atoms with Gasteiger partial charge in [-0.05, 0) is 38.9 Å². The van der Waals surface area contributed by atoms with Crippen molar-refractivity contribution in [2.75, 3.05) is 6.61 Å². The Morgan fingerprint density at radius 3 is 2.22 bits per heavy atom. The fourth-order valence-corrected chi connectivity index (χ4v) is 3.51. The summed E-state index contributed by atoms with van der Waals surface area (Å²) in [6.45, 7) is 16.5. The fourth-order valence-electron chi connectivity index (χ4n) is 2.36. The molecule has 0 amide bonds. The van der Waals surface area contributed by atoms with Gasteiger partial charge in [-0.25, -0.2) is 0 Å². The van der Waals surface area contributed by atoms with E-state index < -0.39 is 36.0 Å². The molecule has 0 aromatic carbocycles. The third-order valence-electron chi connectivity index (χ3n) is 4.85. The first-order chi connectivity index (χ1) is 12.0. The second-order valence-electron chi connectivity index (χ2n) is 8.65. The van der Waals surface area contributed by atoms with Gasteiger partial charge in [0.1, 0.15) is 12.2 Å². The molecule has 1 aliphatic rings. The minimum Gasteiger partial charge on any atom is -0.469 e. The zero-order valence-electron chi connectivity index (χ0n) is 17.4. The normalized spacial score (nSPS) is 25.0. The van der Waals surface area contributed by atoms with E-state index in [9.17, 15) is 0 Å². The van der Waals surface area contributed by atoms with E-state index in [1.54, 1.807) is 0 Å². The molecule has 1 saturated heterocycles. The molecule has 9 heteroatoms. The molecule has 0 radical (unpaired) electrons. The van der Waals surface area contributed by atoms with Crippen LogP contribution in [-0.4, -0.2) is 48.7 Å². The van der Waals surface area contributed by atoms with Crippen LogP contribution in [0.15, 0.2) is 12.2 Å². The average molecular weight is 461 g/mol. The topological polar surface area (TPSA) is 60.8 Å². The van der Waals surface area contributed by atoms with Crippen LogP contribution >= 0.6 is 34.8 Å². The lowest BCUT2D eigenvalue weighted by Crippen LogP contribution is -2.48. The number of allylic oxidation sites excluding steroid dienone is 1. The molecular formula is C18H32Cl3NO4Si. The van der Waals surface area contributed by atoms with Crippen molar-refractivity contribution >= 4 is 49.0 Å². The zero-order valence-corrected chi connectivity index (χ0v) is 20.6. The predicted octanol–water partition coefficient (Wildman–Crippen LogP) is 5.84. The summed E-state index contributed by atoms with van der Waals surface area (Å²) in [5.74, 6) is -1.26. The monoisotopic (exact) mass is 459 g/mol. The number of hydrogen-bond donors (Lipinski definition) is 1. The van der Waals surface area contributed by atoms with Gasteiger partial charge >= 0.3 is 0 Å².